The molecule has 102 valence electrons. The quantitative estimate of drug-likeness (QED) is 0.839. The van der Waals surface area contributed by atoms with Crippen molar-refractivity contribution in [3.05, 3.63) is 38.8 Å². The Hall–Kier alpha value is -0.860. The van der Waals surface area contributed by atoms with Gasteiger partial charge in [0.1, 0.15) is 9.90 Å². The van der Waals surface area contributed by atoms with Gasteiger partial charge in [-0.05, 0) is 12.1 Å². The predicted molar refractivity (Wildman–Crippen MR) is 77.0 cm³/mol. The van der Waals surface area contributed by atoms with E-state index >= 15 is 0 Å². The third-order valence-electron chi connectivity index (χ3n) is 2.20. The third-order valence-corrected chi connectivity index (χ3v) is 5.13. The van der Waals surface area contributed by atoms with Crippen LogP contribution in [0.25, 0.3) is 0 Å². The topological polar surface area (TPSA) is 85.1 Å². The Morgan fingerprint density at radius 1 is 1.37 bits per heavy atom. The number of hydrogen-bond acceptors (Lipinski definition) is 5. The Balaban J connectivity index is 2.29. The first kappa shape index (κ1) is 14.5. The Labute approximate surface area is 124 Å². The van der Waals surface area contributed by atoms with Crippen LogP contribution in [0.5, 0.6) is 0 Å². The second-order valence-corrected chi connectivity index (χ2v) is 7.08. The summed E-state index contributed by atoms with van der Waals surface area (Å²) in [6.07, 6.45) is 1.60. The van der Waals surface area contributed by atoms with Crippen molar-refractivity contribution >= 4 is 50.2 Å². The van der Waals surface area contributed by atoms with Gasteiger partial charge in [-0.2, -0.15) is 0 Å². The lowest BCUT2D eigenvalue weighted by Crippen LogP contribution is -2.24. The van der Waals surface area contributed by atoms with Gasteiger partial charge in [-0.15, -0.1) is 11.3 Å². The van der Waals surface area contributed by atoms with Gasteiger partial charge >= 0.3 is 0 Å². The molecule has 0 fully saturated rings. The van der Waals surface area contributed by atoms with Crippen LogP contribution >= 0.6 is 34.5 Å². The standard InChI is InChI=1S/C10H9Cl2N3O2S2/c11-6-3-7(12)10(8(13)4-6)19(16,17)15-5-9-14-1-2-18-9/h1-4,15H,5,13H2. The zero-order chi connectivity index (χ0) is 14.0. The molecular weight excluding hydrogens is 329 g/mol. The summed E-state index contributed by atoms with van der Waals surface area (Å²) in [6, 6.07) is 2.67. The van der Waals surface area contributed by atoms with Gasteiger partial charge in [0.25, 0.3) is 0 Å². The maximum atomic E-state index is 12.1. The monoisotopic (exact) mass is 337 g/mol. The van der Waals surface area contributed by atoms with Gasteiger partial charge in [-0.3, -0.25) is 0 Å². The van der Waals surface area contributed by atoms with Crippen molar-refractivity contribution in [3.8, 4) is 0 Å². The second kappa shape index (κ2) is 5.64. The van der Waals surface area contributed by atoms with E-state index < -0.39 is 10.0 Å². The van der Waals surface area contributed by atoms with Gasteiger partial charge < -0.3 is 5.73 Å². The summed E-state index contributed by atoms with van der Waals surface area (Å²) in [5.74, 6) is 0. The summed E-state index contributed by atoms with van der Waals surface area (Å²) in [5.41, 5.74) is 5.66. The molecule has 19 heavy (non-hydrogen) atoms. The molecule has 3 N–H and O–H groups in total. The molecule has 0 atom stereocenters. The van der Waals surface area contributed by atoms with E-state index in [4.69, 9.17) is 28.9 Å². The van der Waals surface area contributed by atoms with Crippen LogP contribution in [0.2, 0.25) is 10.0 Å². The molecule has 2 aromatic rings. The Kier molecular flexibility index (Phi) is 4.32. The molecular formula is C10H9Cl2N3O2S2. The van der Waals surface area contributed by atoms with Gasteiger partial charge in [0, 0.05) is 16.6 Å². The minimum atomic E-state index is -3.81. The van der Waals surface area contributed by atoms with Gasteiger partial charge in [0.15, 0.2) is 0 Å². The molecule has 9 heteroatoms. The highest BCUT2D eigenvalue weighted by molar-refractivity contribution is 7.89. The smallest absolute Gasteiger partial charge is 0.244 e. The number of halogens is 2. The SMILES string of the molecule is Nc1cc(Cl)cc(Cl)c1S(=O)(=O)NCc1nccs1. The van der Waals surface area contributed by atoms with Crippen molar-refractivity contribution in [1.29, 1.82) is 0 Å². The van der Waals surface area contributed by atoms with Crippen molar-refractivity contribution in [3.63, 3.8) is 0 Å². The number of nitrogens with one attached hydrogen (secondary N) is 1. The molecule has 0 saturated carbocycles. The summed E-state index contributed by atoms with van der Waals surface area (Å²) in [5, 5.41) is 2.66. The molecule has 0 radical (unpaired) electrons. The van der Waals surface area contributed by atoms with Crippen LogP contribution in [-0.4, -0.2) is 13.4 Å². The van der Waals surface area contributed by atoms with Crippen LogP contribution in [0.1, 0.15) is 5.01 Å². The van der Waals surface area contributed by atoms with Crippen LogP contribution in [0.3, 0.4) is 0 Å². The number of hydrogen-bond donors (Lipinski definition) is 2. The third kappa shape index (κ3) is 3.37. The van der Waals surface area contributed by atoms with E-state index in [1.807, 2.05) is 0 Å². The van der Waals surface area contributed by atoms with Crippen molar-refractivity contribution in [2.75, 3.05) is 5.73 Å². The minimum absolute atomic E-state index is 0.00383. The highest BCUT2D eigenvalue weighted by Crippen LogP contribution is 2.31. The number of anilines is 1. The van der Waals surface area contributed by atoms with E-state index in [2.05, 4.69) is 9.71 Å². The van der Waals surface area contributed by atoms with E-state index in [1.165, 1.54) is 23.5 Å². The Morgan fingerprint density at radius 3 is 2.68 bits per heavy atom. The van der Waals surface area contributed by atoms with E-state index in [0.29, 0.717) is 5.01 Å². The molecule has 0 bridgehead atoms. The molecule has 2 rings (SSSR count). The van der Waals surface area contributed by atoms with Gasteiger partial charge in [0.05, 0.1) is 17.3 Å². The molecule has 5 nitrogen and oxygen atoms in total. The number of nitrogens with zero attached hydrogens (tertiary/aromatic N) is 1. The first-order chi connectivity index (χ1) is 8.90. The first-order valence-corrected chi connectivity index (χ1v) is 8.14. The fourth-order valence-electron chi connectivity index (χ4n) is 1.43. The molecule has 0 spiro atoms. The van der Waals surface area contributed by atoms with E-state index in [1.54, 1.807) is 11.6 Å². The Morgan fingerprint density at radius 2 is 2.11 bits per heavy atom. The lowest BCUT2D eigenvalue weighted by Gasteiger charge is -2.10. The Bertz CT molecular complexity index is 664. The average Bonchev–Trinajstić information content (AvgIpc) is 2.77. The van der Waals surface area contributed by atoms with Crippen molar-refractivity contribution in [2.45, 2.75) is 11.4 Å². The van der Waals surface area contributed by atoms with Crippen molar-refractivity contribution in [2.24, 2.45) is 0 Å². The fourth-order valence-corrected chi connectivity index (χ4v) is 4.05. The number of nitrogens with two attached hydrogens (primary N) is 1. The van der Waals surface area contributed by atoms with Crippen LogP contribution in [-0.2, 0) is 16.6 Å². The van der Waals surface area contributed by atoms with Gasteiger partial charge in [0.2, 0.25) is 10.0 Å². The van der Waals surface area contributed by atoms with Crippen LogP contribution in [0.15, 0.2) is 28.6 Å². The van der Waals surface area contributed by atoms with Crippen LogP contribution < -0.4 is 10.5 Å². The predicted octanol–water partition coefficient (Wildman–Crippen LogP) is 2.51. The van der Waals surface area contributed by atoms with E-state index in [-0.39, 0.29) is 27.2 Å². The molecule has 0 unspecified atom stereocenters. The van der Waals surface area contributed by atoms with E-state index in [0.717, 1.165) is 0 Å². The summed E-state index contributed by atoms with van der Waals surface area (Å²) in [4.78, 5) is 3.81. The number of rotatable bonds is 4. The number of aromatic nitrogens is 1. The molecule has 0 aliphatic rings. The summed E-state index contributed by atoms with van der Waals surface area (Å²) < 4.78 is 26.7. The first-order valence-electron chi connectivity index (χ1n) is 5.02. The van der Waals surface area contributed by atoms with Gasteiger partial charge in [-0.25, -0.2) is 18.1 Å². The number of benzene rings is 1. The molecule has 1 aromatic carbocycles. The lowest BCUT2D eigenvalue weighted by molar-refractivity contribution is 0.581. The molecule has 0 aliphatic carbocycles. The van der Waals surface area contributed by atoms with Gasteiger partial charge in [-0.1, -0.05) is 23.2 Å². The van der Waals surface area contributed by atoms with Crippen molar-refractivity contribution in [1.82, 2.24) is 9.71 Å². The summed E-state index contributed by atoms with van der Waals surface area (Å²) in [7, 11) is -3.81. The minimum Gasteiger partial charge on any atom is -0.398 e. The molecule has 0 aliphatic heterocycles. The molecule has 0 saturated heterocycles. The summed E-state index contributed by atoms with van der Waals surface area (Å²) >= 11 is 13.0. The second-order valence-electron chi connectivity index (χ2n) is 3.56. The molecule has 1 heterocycles. The highest BCUT2D eigenvalue weighted by atomic mass is 35.5. The fraction of sp³-hybridized carbons (Fsp3) is 0.100. The summed E-state index contributed by atoms with van der Waals surface area (Å²) in [6.45, 7) is 0.0817. The highest BCUT2D eigenvalue weighted by Gasteiger charge is 2.22. The number of nitrogen functional groups attached to an aromatic ring is 1. The molecule has 0 amide bonds. The number of thiazole rings is 1. The largest absolute Gasteiger partial charge is 0.398 e. The normalized spacial score (nSPS) is 11.7. The maximum absolute atomic E-state index is 12.1. The zero-order valence-corrected chi connectivity index (χ0v) is 12.6. The lowest BCUT2D eigenvalue weighted by atomic mass is 10.3. The van der Waals surface area contributed by atoms with Crippen molar-refractivity contribution < 1.29 is 8.42 Å². The zero-order valence-electron chi connectivity index (χ0n) is 9.43. The van der Waals surface area contributed by atoms with E-state index in [9.17, 15) is 8.42 Å². The average molecular weight is 338 g/mol. The van der Waals surface area contributed by atoms with Crippen LogP contribution in [0.4, 0.5) is 5.69 Å². The van der Waals surface area contributed by atoms with Crippen LogP contribution in [0, 0.1) is 0 Å². The number of sulfonamides is 1. The maximum Gasteiger partial charge on any atom is 0.244 e. The molecule has 1 aromatic heterocycles.